The summed E-state index contributed by atoms with van der Waals surface area (Å²) in [7, 11) is 1.13. The van der Waals surface area contributed by atoms with Crippen molar-refractivity contribution < 1.29 is 18.0 Å². The third kappa shape index (κ3) is 6.86. The number of carbonyl (C=O) groups excluding carboxylic acids is 2. The van der Waals surface area contributed by atoms with Crippen LogP contribution in [0.25, 0.3) is 0 Å². The average molecular weight is 378 g/mol. The molecule has 0 spiro atoms. The third-order valence-corrected chi connectivity index (χ3v) is 4.79. The van der Waals surface area contributed by atoms with Gasteiger partial charge in [0, 0.05) is 26.2 Å². The first kappa shape index (κ1) is 22.4. The van der Waals surface area contributed by atoms with Crippen LogP contribution in [0, 0.1) is 0 Å². The molecule has 7 nitrogen and oxygen atoms in total. The van der Waals surface area contributed by atoms with Crippen molar-refractivity contribution in [1.82, 2.24) is 15.5 Å². The number of rotatable bonds is 8. The Bertz CT molecular complexity index is 645. The lowest BCUT2D eigenvalue weighted by molar-refractivity contribution is -0.125. The van der Waals surface area contributed by atoms with E-state index in [1.54, 1.807) is 0 Å². The molecule has 0 bridgehead atoms. The van der Waals surface area contributed by atoms with E-state index in [2.05, 4.69) is 10.6 Å². The topological polar surface area (TPSA) is 95.6 Å². The van der Waals surface area contributed by atoms with Crippen LogP contribution >= 0.6 is 12.4 Å². The van der Waals surface area contributed by atoms with Gasteiger partial charge in [-0.05, 0) is 44.3 Å². The zero-order valence-corrected chi connectivity index (χ0v) is 15.7. The van der Waals surface area contributed by atoms with Crippen molar-refractivity contribution in [2.45, 2.75) is 11.3 Å². The SMILES string of the molecule is CNCCCNC(=O)c1ccc(S(=O)(=O)CC(=O)N(C)C)cc1.Cl. The summed E-state index contributed by atoms with van der Waals surface area (Å²) < 4.78 is 24.2. The van der Waals surface area contributed by atoms with Crippen molar-refractivity contribution >= 4 is 34.1 Å². The van der Waals surface area contributed by atoms with Crippen LogP contribution in [0.15, 0.2) is 29.2 Å². The summed E-state index contributed by atoms with van der Waals surface area (Å²) in [5.74, 6) is -1.33. The second-order valence-corrected chi connectivity index (χ2v) is 7.27. The van der Waals surface area contributed by atoms with Gasteiger partial charge in [-0.3, -0.25) is 9.59 Å². The Morgan fingerprint density at radius 1 is 1.08 bits per heavy atom. The Balaban J connectivity index is 0.00000529. The van der Waals surface area contributed by atoms with Crippen molar-refractivity contribution in [3.05, 3.63) is 29.8 Å². The number of benzene rings is 1. The zero-order valence-electron chi connectivity index (χ0n) is 14.0. The molecule has 2 N–H and O–H groups in total. The van der Waals surface area contributed by atoms with Gasteiger partial charge in [-0.25, -0.2) is 8.42 Å². The van der Waals surface area contributed by atoms with Gasteiger partial charge in [0.05, 0.1) is 4.90 Å². The first-order chi connectivity index (χ1) is 10.8. The quantitative estimate of drug-likeness (QED) is 0.636. The highest BCUT2D eigenvalue weighted by molar-refractivity contribution is 7.92. The van der Waals surface area contributed by atoms with Gasteiger partial charge in [-0.15, -0.1) is 12.4 Å². The summed E-state index contributed by atoms with van der Waals surface area (Å²) in [6.07, 6.45) is 0.807. The summed E-state index contributed by atoms with van der Waals surface area (Å²) in [4.78, 5) is 24.7. The molecule has 0 saturated heterocycles. The first-order valence-electron chi connectivity index (χ1n) is 7.23. The van der Waals surface area contributed by atoms with Gasteiger partial charge < -0.3 is 15.5 Å². The van der Waals surface area contributed by atoms with Crippen molar-refractivity contribution in [2.24, 2.45) is 0 Å². The second-order valence-electron chi connectivity index (χ2n) is 5.28. The Morgan fingerprint density at radius 3 is 2.17 bits per heavy atom. The van der Waals surface area contributed by atoms with E-state index in [0.29, 0.717) is 12.1 Å². The molecule has 0 aliphatic rings. The molecule has 1 aromatic carbocycles. The molecule has 0 radical (unpaired) electrons. The molecule has 0 fully saturated rings. The maximum Gasteiger partial charge on any atom is 0.251 e. The van der Waals surface area contributed by atoms with E-state index in [-0.39, 0.29) is 23.2 Å². The smallest absolute Gasteiger partial charge is 0.251 e. The molecule has 0 aliphatic heterocycles. The number of sulfone groups is 1. The minimum atomic E-state index is -3.70. The highest BCUT2D eigenvalue weighted by Crippen LogP contribution is 2.13. The number of halogens is 1. The van der Waals surface area contributed by atoms with Crippen LogP contribution in [-0.4, -0.2) is 65.1 Å². The van der Waals surface area contributed by atoms with Crippen LogP contribution in [0.2, 0.25) is 0 Å². The molecule has 0 unspecified atom stereocenters. The van der Waals surface area contributed by atoms with Crippen LogP contribution in [0.4, 0.5) is 0 Å². The normalized spacial score (nSPS) is 10.6. The summed E-state index contributed by atoms with van der Waals surface area (Å²) in [5, 5.41) is 5.73. The highest BCUT2D eigenvalue weighted by atomic mass is 35.5. The summed E-state index contributed by atoms with van der Waals surface area (Å²) >= 11 is 0. The number of nitrogens with zero attached hydrogens (tertiary/aromatic N) is 1. The molecule has 1 aromatic rings. The lowest BCUT2D eigenvalue weighted by Gasteiger charge is -2.11. The fourth-order valence-electron chi connectivity index (χ4n) is 1.76. The van der Waals surface area contributed by atoms with Crippen LogP contribution < -0.4 is 10.6 Å². The molecular weight excluding hydrogens is 354 g/mol. The number of nitrogens with one attached hydrogen (secondary N) is 2. The van der Waals surface area contributed by atoms with Crippen molar-refractivity contribution in [2.75, 3.05) is 40.0 Å². The summed E-state index contributed by atoms with van der Waals surface area (Å²) in [6, 6.07) is 5.59. The van der Waals surface area contributed by atoms with Gasteiger partial charge >= 0.3 is 0 Å². The van der Waals surface area contributed by atoms with E-state index in [9.17, 15) is 18.0 Å². The Kier molecular flexibility index (Phi) is 9.57. The minimum Gasteiger partial charge on any atom is -0.352 e. The highest BCUT2D eigenvalue weighted by Gasteiger charge is 2.20. The van der Waals surface area contributed by atoms with Crippen molar-refractivity contribution in [1.29, 1.82) is 0 Å². The van der Waals surface area contributed by atoms with Gasteiger partial charge in [0.15, 0.2) is 9.84 Å². The molecule has 0 saturated carbocycles. The van der Waals surface area contributed by atoms with Crippen LogP contribution in [0.5, 0.6) is 0 Å². The largest absolute Gasteiger partial charge is 0.352 e. The lowest BCUT2D eigenvalue weighted by Crippen LogP contribution is -2.29. The predicted molar refractivity (Wildman–Crippen MR) is 95.3 cm³/mol. The Morgan fingerprint density at radius 2 is 1.67 bits per heavy atom. The molecule has 0 aromatic heterocycles. The van der Waals surface area contributed by atoms with Crippen LogP contribution in [-0.2, 0) is 14.6 Å². The third-order valence-electron chi connectivity index (χ3n) is 3.18. The minimum absolute atomic E-state index is 0. The Hall–Kier alpha value is -1.64. The predicted octanol–water partition coefficient (Wildman–Crippen LogP) is 0.310. The first-order valence-corrected chi connectivity index (χ1v) is 8.89. The van der Waals surface area contributed by atoms with Gasteiger partial charge in [0.25, 0.3) is 5.91 Å². The van der Waals surface area contributed by atoms with Crippen LogP contribution in [0.3, 0.4) is 0 Å². The second kappa shape index (κ2) is 10.3. The van der Waals surface area contributed by atoms with Crippen LogP contribution in [0.1, 0.15) is 16.8 Å². The zero-order chi connectivity index (χ0) is 17.5. The van der Waals surface area contributed by atoms with Gasteiger partial charge in [0.2, 0.25) is 5.91 Å². The fourth-order valence-corrected chi connectivity index (χ4v) is 3.06. The van der Waals surface area contributed by atoms with E-state index in [4.69, 9.17) is 0 Å². The summed E-state index contributed by atoms with van der Waals surface area (Å²) in [6.45, 7) is 1.34. The van der Waals surface area contributed by atoms with Crippen molar-refractivity contribution in [3.63, 3.8) is 0 Å². The molecule has 1 rings (SSSR count). The monoisotopic (exact) mass is 377 g/mol. The number of amides is 2. The molecule has 136 valence electrons. The fraction of sp³-hybridized carbons (Fsp3) is 0.467. The van der Waals surface area contributed by atoms with Gasteiger partial charge in [-0.1, -0.05) is 0 Å². The molecule has 0 aliphatic carbocycles. The van der Waals surface area contributed by atoms with Gasteiger partial charge in [-0.2, -0.15) is 0 Å². The molecule has 0 atom stereocenters. The average Bonchev–Trinajstić information content (AvgIpc) is 2.51. The molecule has 9 heteroatoms. The maximum atomic E-state index is 12.1. The maximum absolute atomic E-state index is 12.1. The standard InChI is InChI=1S/C15H23N3O4S.ClH/c1-16-9-4-10-17-15(20)12-5-7-13(8-6-12)23(21,22)11-14(19)18(2)3;/h5-8,16H,4,9-11H2,1-3H3,(H,17,20);1H. The lowest BCUT2D eigenvalue weighted by atomic mass is 10.2. The van der Waals surface area contributed by atoms with E-state index in [0.717, 1.165) is 13.0 Å². The number of carbonyl (C=O) groups is 2. The molecule has 2 amide bonds. The van der Waals surface area contributed by atoms with Crippen molar-refractivity contribution in [3.8, 4) is 0 Å². The Labute approximate surface area is 149 Å². The number of hydrogen-bond donors (Lipinski definition) is 2. The van der Waals surface area contributed by atoms with E-state index in [1.807, 2.05) is 7.05 Å². The molecular formula is C15H24ClN3O4S. The molecule has 0 heterocycles. The number of hydrogen-bond acceptors (Lipinski definition) is 5. The van der Waals surface area contributed by atoms with Gasteiger partial charge in [0.1, 0.15) is 5.75 Å². The van der Waals surface area contributed by atoms with E-state index in [1.165, 1.54) is 43.3 Å². The van der Waals surface area contributed by atoms with E-state index >= 15 is 0 Å². The summed E-state index contributed by atoms with van der Waals surface area (Å²) in [5.41, 5.74) is 0.382. The van der Waals surface area contributed by atoms with E-state index < -0.39 is 21.5 Å². The molecule has 24 heavy (non-hydrogen) atoms.